The number of hydrogen-bond donors (Lipinski definition) is 1. The van der Waals surface area contributed by atoms with Crippen LogP contribution in [-0.2, 0) is 4.79 Å². The number of amides is 1. The number of rotatable bonds is 5. The maximum Gasteiger partial charge on any atom is 0.263 e. The van der Waals surface area contributed by atoms with Gasteiger partial charge in [0.1, 0.15) is 5.75 Å². The number of carbonyl (C=O) groups is 1. The highest BCUT2D eigenvalue weighted by molar-refractivity contribution is 5.81. The molecule has 1 heterocycles. The average Bonchev–Trinajstić information content (AvgIpc) is 2.50. The van der Waals surface area contributed by atoms with Crippen LogP contribution in [0.5, 0.6) is 5.75 Å². The van der Waals surface area contributed by atoms with Crippen LogP contribution in [0.3, 0.4) is 0 Å². The summed E-state index contributed by atoms with van der Waals surface area (Å²) in [4.78, 5) is 16.4. The van der Waals surface area contributed by atoms with Crippen molar-refractivity contribution in [3.05, 3.63) is 29.8 Å². The van der Waals surface area contributed by atoms with Gasteiger partial charge >= 0.3 is 0 Å². The van der Waals surface area contributed by atoms with Crippen LogP contribution in [-0.4, -0.2) is 66.2 Å². The van der Waals surface area contributed by atoms with Gasteiger partial charge in [0.2, 0.25) is 0 Å². The molecule has 0 bridgehead atoms. The maximum atomic E-state index is 12.4. The highest BCUT2D eigenvalue weighted by atomic mass is 16.5. The van der Waals surface area contributed by atoms with E-state index in [0.717, 1.165) is 18.8 Å². The predicted molar refractivity (Wildman–Crippen MR) is 81.4 cm³/mol. The van der Waals surface area contributed by atoms with E-state index in [1.165, 1.54) is 5.56 Å². The molecule has 0 radical (unpaired) electrons. The first-order valence-electron chi connectivity index (χ1n) is 7.45. The van der Waals surface area contributed by atoms with Crippen molar-refractivity contribution in [2.75, 3.05) is 39.3 Å². The smallest absolute Gasteiger partial charge is 0.263 e. The molecule has 5 heteroatoms. The number of nitrogens with zero attached hydrogens (tertiary/aromatic N) is 2. The molecular weight excluding hydrogens is 268 g/mol. The number of β-amino-alcohol motifs (C(OH)–C–C–N with tert-alkyl or cyclic N) is 1. The van der Waals surface area contributed by atoms with Crippen molar-refractivity contribution >= 4 is 5.91 Å². The zero-order valence-corrected chi connectivity index (χ0v) is 12.8. The van der Waals surface area contributed by atoms with E-state index in [1.54, 1.807) is 6.92 Å². The minimum absolute atomic E-state index is 0.0271. The van der Waals surface area contributed by atoms with Gasteiger partial charge in [-0.05, 0) is 26.0 Å². The summed E-state index contributed by atoms with van der Waals surface area (Å²) in [5.74, 6) is 0.750. The highest BCUT2D eigenvalue weighted by Gasteiger charge is 2.25. The molecule has 1 aliphatic rings. The molecule has 1 fully saturated rings. The lowest BCUT2D eigenvalue weighted by molar-refractivity contribution is -0.139. The van der Waals surface area contributed by atoms with Crippen LogP contribution in [0.1, 0.15) is 12.5 Å². The number of piperazine rings is 1. The Morgan fingerprint density at radius 2 is 1.86 bits per heavy atom. The Morgan fingerprint density at radius 1 is 1.24 bits per heavy atom. The van der Waals surface area contributed by atoms with Gasteiger partial charge in [0.15, 0.2) is 6.10 Å². The first-order chi connectivity index (χ1) is 10.1. The van der Waals surface area contributed by atoms with E-state index in [0.29, 0.717) is 19.6 Å². The van der Waals surface area contributed by atoms with Gasteiger partial charge in [0.05, 0.1) is 6.61 Å². The predicted octanol–water partition coefficient (Wildman–Crippen LogP) is 0.899. The fourth-order valence-corrected chi connectivity index (χ4v) is 2.46. The van der Waals surface area contributed by atoms with E-state index >= 15 is 0 Å². The summed E-state index contributed by atoms with van der Waals surface area (Å²) >= 11 is 0. The first kappa shape index (κ1) is 15.8. The molecule has 21 heavy (non-hydrogen) atoms. The molecule has 5 nitrogen and oxygen atoms in total. The number of aliphatic hydroxyl groups is 1. The normalized spacial score (nSPS) is 17.6. The molecule has 1 N–H and O–H groups in total. The van der Waals surface area contributed by atoms with Crippen LogP contribution in [0.15, 0.2) is 24.3 Å². The largest absolute Gasteiger partial charge is 0.481 e. The number of carbonyl (C=O) groups excluding carboxylic acids is 1. The van der Waals surface area contributed by atoms with Crippen molar-refractivity contribution in [2.24, 2.45) is 0 Å². The van der Waals surface area contributed by atoms with Crippen molar-refractivity contribution < 1.29 is 14.6 Å². The number of aliphatic hydroxyl groups excluding tert-OH is 1. The third kappa shape index (κ3) is 4.44. The van der Waals surface area contributed by atoms with Crippen LogP contribution in [0.2, 0.25) is 0 Å². The molecule has 1 amide bonds. The molecule has 1 aromatic rings. The standard InChI is InChI=1S/C16H24N2O3/c1-13-3-5-15(6-4-13)21-14(2)16(20)18-9-7-17(8-10-18)11-12-19/h3-6,14,19H,7-12H2,1-2H3. The zero-order chi connectivity index (χ0) is 15.2. The third-order valence-electron chi connectivity index (χ3n) is 3.78. The van der Waals surface area contributed by atoms with Gasteiger partial charge < -0.3 is 14.7 Å². The van der Waals surface area contributed by atoms with Gasteiger partial charge in [0.25, 0.3) is 5.91 Å². The summed E-state index contributed by atoms with van der Waals surface area (Å²) in [6.45, 7) is 7.67. The van der Waals surface area contributed by atoms with Crippen LogP contribution < -0.4 is 4.74 Å². The minimum Gasteiger partial charge on any atom is -0.481 e. The Labute approximate surface area is 126 Å². The summed E-state index contributed by atoms with van der Waals surface area (Å²) in [7, 11) is 0. The van der Waals surface area contributed by atoms with Gasteiger partial charge in [-0.15, -0.1) is 0 Å². The Balaban J connectivity index is 1.84. The van der Waals surface area contributed by atoms with E-state index in [1.807, 2.05) is 36.1 Å². The van der Waals surface area contributed by atoms with E-state index in [4.69, 9.17) is 9.84 Å². The molecular formula is C16H24N2O3. The van der Waals surface area contributed by atoms with Gasteiger partial charge in [-0.25, -0.2) is 0 Å². The number of benzene rings is 1. The molecule has 0 saturated carbocycles. The van der Waals surface area contributed by atoms with Crippen molar-refractivity contribution in [3.63, 3.8) is 0 Å². The summed E-state index contributed by atoms with van der Waals surface area (Å²) in [5.41, 5.74) is 1.17. The van der Waals surface area contributed by atoms with Crippen molar-refractivity contribution in [2.45, 2.75) is 20.0 Å². The van der Waals surface area contributed by atoms with Crippen molar-refractivity contribution in [1.82, 2.24) is 9.80 Å². The van der Waals surface area contributed by atoms with Crippen molar-refractivity contribution in [3.8, 4) is 5.75 Å². The number of aryl methyl sites for hydroxylation is 1. The minimum atomic E-state index is -0.475. The molecule has 1 saturated heterocycles. The van der Waals surface area contributed by atoms with Crippen LogP contribution >= 0.6 is 0 Å². The van der Waals surface area contributed by atoms with E-state index < -0.39 is 6.10 Å². The molecule has 116 valence electrons. The molecule has 0 spiro atoms. The quantitative estimate of drug-likeness (QED) is 0.876. The third-order valence-corrected chi connectivity index (χ3v) is 3.78. The maximum absolute atomic E-state index is 12.4. The Bertz CT molecular complexity index is 453. The summed E-state index contributed by atoms with van der Waals surface area (Å²) in [6, 6.07) is 7.72. The van der Waals surface area contributed by atoms with Gasteiger partial charge in [-0.1, -0.05) is 17.7 Å². The van der Waals surface area contributed by atoms with E-state index in [-0.39, 0.29) is 12.5 Å². The molecule has 1 unspecified atom stereocenters. The lowest BCUT2D eigenvalue weighted by Crippen LogP contribution is -2.52. The summed E-state index contributed by atoms with van der Waals surface area (Å²) in [5, 5.41) is 8.92. The van der Waals surface area contributed by atoms with Crippen molar-refractivity contribution in [1.29, 1.82) is 0 Å². The van der Waals surface area contributed by atoms with Gasteiger partial charge in [0, 0.05) is 32.7 Å². The van der Waals surface area contributed by atoms with Crippen LogP contribution in [0.4, 0.5) is 0 Å². The van der Waals surface area contributed by atoms with Gasteiger partial charge in [-0.2, -0.15) is 0 Å². The fourth-order valence-electron chi connectivity index (χ4n) is 2.46. The molecule has 0 aromatic heterocycles. The Morgan fingerprint density at radius 3 is 2.43 bits per heavy atom. The molecule has 1 aliphatic heterocycles. The monoisotopic (exact) mass is 292 g/mol. The number of ether oxygens (including phenoxy) is 1. The Kier molecular flexibility index (Phi) is 5.59. The van der Waals surface area contributed by atoms with Crippen LogP contribution in [0.25, 0.3) is 0 Å². The second-order valence-corrected chi connectivity index (χ2v) is 5.46. The SMILES string of the molecule is Cc1ccc(OC(C)C(=O)N2CCN(CCO)CC2)cc1. The van der Waals surface area contributed by atoms with Gasteiger partial charge in [-0.3, -0.25) is 9.69 Å². The topological polar surface area (TPSA) is 53.0 Å². The Hall–Kier alpha value is -1.59. The highest BCUT2D eigenvalue weighted by Crippen LogP contribution is 2.14. The van der Waals surface area contributed by atoms with Crippen LogP contribution in [0, 0.1) is 6.92 Å². The lowest BCUT2D eigenvalue weighted by Gasteiger charge is -2.35. The molecule has 2 rings (SSSR count). The second-order valence-electron chi connectivity index (χ2n) is 5.46. The zero-order valence-electron chi connectivity index (χ0n) is 12.8. The number of hydrogen-bond acceptors (Lipinski definition) is 4. The average molecular weight is 292 g/mol. The fraction of sp³-hybridized carbons (Fsp3) is 0.562. The summed E-state index contributed by atoms with van der Waals surface area (Å²) < 4.78 is 5.71. The second kappa shape index (κ2) is 7.43. The summed E-state index contributed by atoms with van der Waals surface area (Å²) in [6.07, 6.45) is -0.475. The lowest BCUT2D eigenvalue weighted by atomic mass is 10.2. The molecule has 1 atom stereocenters. The van der Waals surface area contributed by atoms with E-state index in [9.17, 15) is 4.79 Å². The first-order valence-corrected chi connectivity index (χ1v) is 7.45. The molecule has 1 aromatic carbocycles. The molecule has 0 aliphatic carbocycles. The van der Waals surface area contributed by atoms with E-state index in [2.05, 4.69) is 4.90 Å².